The first-order valence-electron chi connectivity index (χ1n) is 21.0. The molecule has 8 aromatic carbocycles. The van der Waals surface area contributed by atoms with E-state index in [2.05, 4.69) is 222 Å². The van der Waals surface area contributed by atoms with Gasteiger partial charge in [0.25, 0.3) is 0 Å². The standard InChI is InChI=1S/C58H44N2/c1-57(2)50-22-10-8-20-46(50)48-30-28-42(34-52(48)57)40-16-12-18-44(32-40)55-36-54(39-26-24-38(25-27-39)37-14-6-5-7-15-37)59-56(60-55)45-19-13-17-41(33-45)43-29-31-49-47-21-9-11-23-51(47)58(3,4)53(49)35-43/h5-36H,1-4H3. The van der Waals surface area contributed by atoms with Crippen molar-refractivity contribution in [1.82, 2.24) is 9.97 Å². The summed E-state index contributed by atoms with van der Waals surface area (Å²) in [5.74, 6) is 0.702. The SMILES string of the molecule is CC1(C)c2ccccc2-c2ccc(-c3cccc(-c4cc(-c5ccc(-c6ccccc6)cc5)nc(-c5cccc(-c6ccc7c(c6)C(C)(C)c6ccccc6-7)c5)n4)c3)cc21. The smallest absolute Gasteiger partial charge is 0.160 e. The van der Waals surface area contributed by atoms with Crippen LogP contribution in [0.3, 0.4) is 0 Å². The third kappa shape index (κ3) is 5.86. The van der Waals surface area contributed by atoms with E-state index in [-0.39, 0.29) is 10.8 Å². The summed E-state index contributed by atoms with van der Waals surface area (Å²) in [5.41, 5.74) is 22.6. The lowest BCUT2D eigenvalue weighted by molar-refractivity contribution is 0.660. The molecule has 9 aromatic rings. The van der Waals surface area contributed by atoms with E-state index in [0.29, 0.717) is 5.82 Å². The number of benzene rings is 8. The van der Waals surface area contributed by atoms with Gasteiger partial charge in [-0.1, -0.05) is 191 Å². The number of hydrogen-bond donors (Lipinski definition) is 0. The summed E-state index contributed by atoms with van der Waals surface area (Å²) in [4.78, 5) is 10.6. The number of aromatic nitrogens is 2. The van der Waals surface area contributed by atoms with Crippen molar-refractivity contribution in [3.8, 4) is 89.5 Å². The second kappa shape index (κ2) is 13.7. The number of nitrogens with zero attached hydrogens (tertiary/aromatic N) is 2. The molecule has 0 spiro atoms. The number of rotatable bonds is 6. The van der Waals surface area contributed by atoms with Crippen LogP contribution in [0.15, 0.2) is 194 Å². The van der Waals surface area contributed by atoms with Gasteiger partial charge in [0.1, 0.15) is 0 Å². The average molecular weight is 769 g/mol. The lowest BCUT2D eigenvalue weighted by Crippen LogP contribution is -2.14. The van der Waals surface area contributed by atoms with Crippen molar-refractivity contribution in [3.63, 3.8) is 0 Å². The minimum Gasteiger partial charge on any atom is -0.228 e. The molecule has 0 saturated heterocycles. The van der Waals surface area contributed by atoms with E-state index in [1.54, 1.807) is 0 Å². The summed E-state index contributed by atoms with van der Waals surface area (Å²) in [5, 5.41) is 0. The molecule has 0 N–H and O–H groups in total. The zero-order chi connectivity index (χ0) is 40.6. The third-order valence-electron chi connectivity index (χ3n) is 13.1. The summed E-state index contributed by atoms with van der Waals surface area (Å²) in [6.07, 6.45) is 0. The first kappa shape index (κ1) is 36.0. The fourth-order valence-electron chi connectivity index (χ4n) is 9.80. The molecule has 0 saturated carbocycles. The van der Waals surface area contributed by atoms with Crippen LogP contribution in [-0.2, 0) is 10.8 Å². The van der Waals surface area contributed by atoms with E-state index in [4.69, 9.17) is 9.97 Å². The van der Waals surface area contributed by atoms with E-state index in [1.165, 1.54) is 72.3 Å². The zero-order valence-corrected chi connectivity index (χ0v) is 34.4. The molecule has 60 heavy (non-hydrogen) atoms. The molecule has 2 aliphatic carbocycles. The summed E-state index contributed by atoms with van der Waals surface area (Å²) < 4.78 is 0. The van der Waals surface area contributed by atoms with Gasteiger partial charge in [-0.25, -0.2) is 9.97 Å². The molecule has 2 heteroatoms. The molecule has 0 aliphatic heterocycles. The van der Waals surface area contributed by atoms with Crippen LogP contribution in [0.1, 0.15) is 49.9 Å². The molecule has 0 bridgehead atoms. The second-order valence-electron chi connectivity index (χ2n) is 17.4. The molecule has 2 aliphatic rings. The van der Waals surface area contributed by atoms with Crippen LogP contribution >= 0.6 is 0 Å². The molecule has 1 aromatic heterocycles. The third-order valence-corrected chi connectivity index (χ3v) is 13.1. The maximum atomic E-state index is 5.34. The van der Waals surface area contributed by atoms with Gasteiger partial charge in [0.05, 0.1) is 11.4 Å². The normalized spacial score (nSPS) is 13.9. The highest BCUT2D eigenvalue weighted by molar-refractivity contribution is 5.86. The highest BCUT2D eigenvalue weighted by atomic mass is 14.9. The molecular weight excluding hydrogens is 725 g/mol. The van der Waals surface area contributed by atoms with Crippen LogP contribution in [0.4, 0.5) is 0 Å². The quantitative estimate of drug-likeness (QED) is 0.168. The topological polar surface area (TPSA) is 25.8 Å². The monoisotopic (exact) mass is 768 g/mol. The fraction of sp³-hybridized carbons (Fsp3) is 0.103. The van der Waals surface area contributed by atoms with Crippen molar-refractivity contribution < 1.29 is 0 Å². The van der Waals surface area contributed by atoms with Crippen molar-refractivity contribution in [3.05, 3.63) is 216 Å². The number of hydrogen-bond acceptors (Lipinski definition) is 2. The van der Waals surface area contributed by atoms with Crippen LogP contribution in [0.2, 0.25) is 0 Å². The molecule has 0 atom stereocenters. The highest BCUT2D eigenvalue weighted by Gasteiger charge is 2.36. The van der Waals surface area contributed by atoms with Gasteiger partial charge in [0.15, 0.2) is 5.82 Å². The molecule has 2 nitrogen and oxygen atoms in total. The van der Waals surface area contributed by atoms with E-state index >= 15 is 0 Å². The average Bonchev–Trinajstić information content (AvgIpc) is 3.68. The van der Waals surface area contributed by atoms with Crippen molar-refractivity contribution in [2.75, 3.05) is 0 Å². The van der Waals surface area contributed by atoms with Gasteiger partial charge in [-0.15, -0.1) is 0 Å². The predicted octanol–water partition coefficient (Wildman–Crippen LogP) is 15.1. The zero-order valence-electron chi connectivity index (χ0n) is 34.4. The Balaban J connectivity index is 1.01. The number of fused-ring (bicyclic) bond motifs is 6. The Morgan fingerprint density at radius 2 is 0.650 bits per heavy atom. The minimum absolute atomic E-state index is 0.0679. The first-order chi connectivity index (χ1) is 29.2. The van der Waals surface area contributed by atoms with Crippen molar-refractivity contribution in [2.24, 2.45) is 0 Å². The van der Waals surface area contributed by atoms with Gasteiger partial charge in [0, 0.05) is 27.5 Å². The summed E-state index contributed by atoms with van der Waals surface area (Å²) in [6, 6.07) is 70.5. The minimum atomic E-state index is -0.0719. The van der Waals surface area contributed by atoms with Gasteiger partial charge in [0.2, 0.25) is 0 Å². The lowest BCUT2D eigenvalue weighted by Gasteiger charge is -2.22. The summed E-state index contributed by atoms with van der Waals surface area (Å²) in [6.45, 7) is 9.36. The second-order valence-corrected chi connectivity index (χ2v) is 17.4. The van der Waals surface area contributed by atoms with E-state index in [1.807, 2.05) is 0 Å². The van der Waals surface area contributed by atoms with Crippen LogP contribution in [0, 0.1) is 0 Å². The molecule has 286 valence electrons. The maximum absolute atomic E-state index is 5.34. The molecule has 0 unspecified atom stereocenters. The van der Waals surface area contributed by atoms with Crippen LogP contribution in [0.5, 0.6) is 0 Å². The van der Waals surface area contributed by atoms with Crippen molar-refractivity contribution in [1.29, 1.82) is 0 Å². The van der Waals surface area contributed by atoms with E-state index in [0.717, 1.165) is 33.6 Å². The highest BCUT2D eigenvalue weighted by Crippen LogP contribution is 2.51. The predicted molar refractivity (Wildman–Crippen MR) is 250 cm³/mol. The molecule has 0 amide bonds. The Hall–Kier alpha value is -7.16. The molecule has 11 rings (SSSR count). The Morgan fingerprint density at radius 3 is 1.23 bits per heavy atom. The van der Waals surface area contributed by atoms with Gasteiger partial charge >= 0.3 is 0 Å². The van der Waals surface area contributed by atoms with E-state index in [9.17, 15) is 0 Å². The summed E-state index contributed by atoms with van der Waals surface area (Å²) >= 11 is 0. The van der Waals surface area contributed by atoms with Crippen LogP contribution in [-0.4, -0.2) is 9.97 Å². The van der Waals surface area contributed by atoms with Crippen LogP contribution < -0.4 is 0 Å². The van der Waals surface area contributed by atoms with Crippen LogP contribution in [0.25, 0.3) is 89.5 Å². The Labute approximate surface area is 353 Å². The largest absolute Gasteiger partial charge is 0.228 e. The first-order valence-corrected chi connectivity index (χ1v) is 21.0. The maximum Gasteiger partial charge on any atom is 0.160 e. The van der Waals surface area contributed by atoms with Crippen molar-refractivity contribution in [2.45, 2.75) is 38.5 Å². The summed E-state index contributed by atoms with van der Waals surface area (Å²) in [7, 11) is 0. The van der Waals surface area contributed by atoms with Gasteiger partial charge in [-0.3, -0.25) is 0 Å². The van der Waals surface area contributed by atoms with Gasteiger partial charge in [-0.2, -0.15) is 0 Å². The van der Waals surface area contributed by atoms with Crippen molar-refractivity contribution >= 4 is 0 Å². The Kier molecular flexibility index (Phi) is 8.22. The molecule has 0 fully saturated rings. The van der Waals surface area contributed by atoms with Gasteiger partial charge in [-0.05, 0) is 108 Å². The molecule has 0 radical (unpaired) electrons. The molecular formula is C58H44N2. The lowest BCUT2D eigenvalue weighted by atomic mass is 9.81. The Morgan fingerprint density at radius 1 is 0.267 bits per heavy atom. The van der Waals surface area contributed by atoms with E-state index < -0.39 is 0 Å². The fourth-order valence-corrected chi connectivity index (χ4v) is 9.80. The molecule has 1 heterocycles. The Bertz CT molecular complexity index is 2960. The van der Waals surface area contributed by atoms with Gasteiger partial charge < -0.3 is 0 Å².